The number of morpholine rings is 1. The van der Waals surface area contributed by atoms with Gasteiger partial charge in [0.1, 0.15) is 11.2 Å². The van der Waals surface area contributed by atoms with Gasteiger partial charge in [-0.1, -0.05) is 0 Å². The van der Waals surface area contributed by atoms with Gasteiger partial charge in [0.2, 0.25) is 10.0 Å². The summed E-state index contributed by atoms with van der Waals surface area (Å²) in [6, 6.07) is 3.95. The van der Waals surface area contributed by atoms with Gasteiger partial charge in [0.15, 0.2) is 0 Å². The summed E-state index contributed by atoms with van der Waals surface area (Å²) in [4.78, 5) is -0.208. The molecule has 1 N–H and O–H groups in total. The molecule has 2 aliphatic rings. The average molecular weight is 345 g/mol. The topological polar surface area (TPSA) is 105 Å². The molecule has 10 heteroatoms. The standard InChI is InChI=1S/C12H15N3O5S2/c1-9-7-15(4-5-20-9)22(18,19)10-2-3-11-12(6-10)21(16,17)14-8-13-11/h2-3,6,8-9H,4-5,7H2,1H3,(H,13,14). The molecule has 120 valence electrons. The summed E-state index contributed by atoms with van der Waals surface area (Å²) in [7, 11) is -7.64. The molecule has 1 unspecified atom stereocenters. The van der Waals surface area contributed by atoms with Gasteiger partial charge in [0.25, 0.3) is 10.0 Å². The molecule has 0 spiro atoms. The number of sulfonamides is 2. The quantitative estimate of drug-likeness (QED) is 0.823. The SMILES string of the molecule is CC1CN(S(=O)(=O)c2ccc3c(c2)S(=O)(=O)N=CN3)CCO1. The number of anilines is 1. The lowest BCUT2D eigenvalue weighted by molar-refractivity contribution is 0.0102. The number of fused-ring (bicyclic) bond motifs is 1. The fourth-order valence-corrected chi connectivity index (χ4v) is 4.96. The molecule has 0 aliphatic carbocycles. The molecular formula is C12H15N3O5S2. The summed E-state index contributed by atoms with van der Waals surface area (Å²) in [5, 5.41) is 2.68. The third kappa shape index (κ3) is 2.62. The predicted molar refractivity (Wildman–Crippen MR) is 79.9 cm³/mol. The lowest BCUT2D eigenvalue weighted by atomic mass is 10.3. The van der Waals surface area contributed by atoms with Crippen molar-refractivity contribution in [3.05, 3.63) is 18.2 Å². The highest BCUT2D eigenvalue weighted by Gasteiger charge is 2.31. The highest BCUT2D eigenvalue weighted by molar-refractivity contribution is 7.91. The molecule has 0 bridgehead atoms. The van der Waals surface area contributed by atoms with E-state index >= 15 is 0 Å². The maximum atomic E-state index is 12.6. The molecule has 2 aliphatic heterocycles. The van der Waals surface area contributed by atoms with E-state index in [4.69, 9.17) is 4.74 Å². The molecule has 3 rings (SSSR count). The molecule has 22 heavy (non-hydrogen) atoms. The second-order valence-electron chi connectivity index (χ2n) is 5.06. The van der Waals surface area contributed by atoms with Crippen LogP contribution in [0.5, 0.6) is 0 Å². The van der Waals surface area contributed by atoms with Gasteiger partial charge in [-0.15, -0.1) is 4.40 Å². The number of nitrogens with zero attached hydrogens (tertiary/aromatic N) is 2. The molecule has 1 aromatic rings. The van der Waals surface area contributed by atoms with E-state index in [0.29, 0.717) is 12.3 Å². The summed E-state index contributed by atoms with van der Waals surface area (Å²) in [5.41, 5.74) is 0.310. The van der Waals surface area contributed by atoms with E-state index in [9.17, 15) is 16.8 Å². The fourth-order valence-electron chi connectivity index (χ4n) is 2.37. The lowest BCUT2D eigenvalue weighted by Crippen LogP contribution is -2.44. The number of nitrogens with one attached hydrogen (secondary N) is 1. The van der Waals surface area contributed by atoms with Crippen LogP contribution in [0, 0.1) is 0 Å². The highest BCUT2D eigenvalue weighted by Crippen LogP contribution is 2.29. The molecule has 1 fully saturated rings. The van der Waals surface area contributed by atoms with Gasteiger partial charge in [0, 0.05) is 13.1 Å². The van der Waals surface area contributed by atoms with Crippen LogP contribution in [0.25, 0.3) is 0 Å². The van der Waals surface area contributed by atoms with E-state index in [2.05, 4.69) is 9.71 Å². The Bertz CT molecular complexity index is 832. The first-order chi connectivity index (χ1) is 10.3. The normalized spacial score (nSPS) is 24.5. The smallest absolute Gasteiger partial charge is 0.285 e. The molecule has 8 nitrogen and oxygen atoms in total. The Balaban J connectivity index is 2.03. The van der Waals surface area contributed by atoms with Crippen LogP contribution >= 0.6 is 0 Å². The van der Waals surface area contributed by atoms with Crippen LogP contribution in [-0.4, -0.2) is 53.3 Å². The van der Waals surface area contributed by atoms with Crippen molar-refractivity contribution in [2.45, 2.75) is 22.8 Å². The molecule has 1 aromatic carbocycles. The van der Waals surface area contributed by atoms with Crippen LogP contribution in [-0.2, 0) is 24.8 Å². The highest BCUT2D eigenvalue weighted by atomic mass is 32.2. The summed E-state index contributed by atoms with van der Waals surface area (Å²) in [6.45, 7) is 2.59. The van der Waals surface area contributed by atoms with Gasteiger partial charge in [-0.05, 0) is 25.1 Å². The van der Waals surface area contributed by atoms with Gasteiger partial charge in [-0.3, -0.25) is 0 Å². The third-order valence-corrected chi connectivity index (χ3v) is 6.62. The van der Waals surface area contributed by atoms with E-state index in [1.165, 1.54) is 16.4 Å². The molecule has 0 amide bonds. The third-order valence-electron chi connectivity index (χ3n) is 3.48. The second kappa shape index (κ2) is 5.30. The molecule has 0 aromatic heterocycles. The number of hydrogen-bond acceptors (Lipinski definition) is 6. The largest absolute Gasteiger partial charge is 0.376 e. The van der Waals surface area contributed by atoms with Gasteiger partial charge in [0.05, 0.1) is 23.3 Å². The predicted octanol–water partition coefficient (Wildman–Crippen LogP) is 0.239. The maximum Gasteiger partial charge on any atom is 0.285 e. The molecule has 0 saturated carbocycles. The first-order valence-corrected chi connectivity index (χ1v) is 9.50. The van der Waals surface area contributed by atoms with Crippen LogP contribution in [0.15, 0.2) is 32.4 Å². The maximum absolute atomic E-state index is 12.6. The van der Waals surface area contributed by atoms with Gasteiger partial charge >= 0.3 is 0 Å². The van der Waals surface area contributed by atoms with E-state index in [1.54, 1.807) is 6.92 Å². The van der Waals surface area contributed by atoms with Crippen molar-refractivity contribution >= 4 is 32.1 Å². The Morgan fingerprint density at radius 2 is 2.18 bits per heavy atom. The zero-order valence-corrected chi connectivity index (χ0v) is 13.4. The van der Waals surface area contributed by atoms with Crippen molar-refractivity contribution in [2.75, 3.05) is 25.0 Å². The average Bonchev–Trinajstić information content (AvgIpc) is 2.46. The van der Waals surface area contributed by atoms with Gasteiger partial charge in [-0.2, -0.15) is 12.7 Å². The summed E-state index contributed by atoms with van der Waals surface area (Å²) in [5.74, 6) is 0. The lowest BCUT2D eigenvalue weighted by Gasteiger charge is -2.30. The zero-order valence-electron chi connectivity index (χ0n) is 11.8. The van der Waals surface area contributed by atoms with Crippen LogP contribution in [0.2, 0.25) is 0 Å². The summed E-state index contributed by atoms with van der Waals surface area (Å²) >= 11 is 0. The van der Waals surface area contributed by atoms with E-state index in [0.717, 1.165) is 12.4 Å². The van der Waals surface area contributed by atoms with Crippen molar-refractivity contribution < 1.29 is 21.6 Å². The molecule has 0 radical (unpaired) electrons. The second-order valence-corrected chi connectivity index (χ2v) is 8.60. The molecule has 1 saturated heterocycles. The minimum atomic E-state index is -3.87. The van der Waals surface area contributed by atoms with Crippen molar-refractivity contribution in [3.63, 3.8) is 0 Å². The van der Waals surface area contributed by atoms with Crippen LogP contribution < -0.4 is 5.32 Å². The van der Waals surface area contributed by atoms with Crippen molar-refractivity contribution in [1.82, 2.24) is 4.31 Å². The Labute approximate surface area is 128 Å². The minimum Gasteiger partial charge on any atom is -0.376 e. The van der Waals surface area contributed by atoms with Gasteiger partial charge < -0.3 is 10.1 Å². The molecule has 2 heterocycles. The number of hydrogen-bond donors (Lipinski definition) is 1. The first-order valence-electron chi connectivity index (χ1n) is 6.62. The Morgan fingerprint density at radius 1 is 1.41 bits per heavy atom. The van der Waals surface area contributed by atoms with Crippen molar-refractivity contribution in [3.8, 4) is 0 Å². The Kier molecular flexibility index (Phi) is 3.71. The summed E-state index contributed by atoms with van der Waals surface area (Å²) < 4.78 is 59.1. The first kappa shape index (κ1) is 15.4. The number of rotatable bonds is 2. The van der Waals surface area contributed by atoms with Gasteiger partial charge in [-0.25, -0.2) is 8.42 Å². The number of ether oxygens (including phenoxy) is 1. The van der Waals surface area contributed by atoms with Crippen LogP contribution in [0.4, 0.5) is 5.69 Å². The van der Waals surface area contributed by atoms with E-state index < -0.39 is 20.0 Å². The van der Waals surface area contributed by atoms with E-state index in [1.807, 2.05) is 0 Å². The fraction of sp³-hybridized carbons (Fsp3) is 0.417. The van der Waals surface area contributed by atoms with Crippen molar-refractivity contribution in [1.29, 1.82) is 0 Å². The number of benzene rings is 1. The Hall–Kier alpha value is -1.49. The molecule has 1 atom stereocenters. The van der Waals surface area contributed by atoms with Crippen LogP contribution in [0.1, 0.15) is 6.92 Å². The minimum absolute atomic E-state index is 0.0668. The summed E-state index contributed by atoms with van der Waals surface area (Å²) in [6.07, 6.45) is 0.867. The van der Waals surface area contributed by atoms with Crippen molar-refractivity contribution in [2.24, 2.45) is 4.40 Å². The monoisotopic (exact) mass is 345 g/mol. The van der Waals surface area contributed by atoms with Crippen LogP contribution in [0.3, 0.4) is 0 Å². The zero-order chi connectivity index (χ0) is 16.0. The Morgan fingerprint density at radius 3 is 2.91 bits per heavy atom. The van der Waals surface area contributed by atoms with E-state index in [-0.39, 0.29) is 29.0 Å². The molecular weight excluding hydrogens is 330 g/mol.